The molecule has 2 aromatic heterocycles. The highest BCUT2D eigenvalue weighted by atomic mass is 16.3. The molecule has 2 rings (SSSR count). The zero-order chi connectivity index (χ0) is 11.5. The summed E-state index contributed by atoms with van der Waals surface area (Å²) in [5.41, 5.74) is 8.30. The molecule has 0 saturated heterocycles. The lowest BCUT2D eigenvalue weighted by atomic mass is 10.0. The summed E-state index contributed by atoms with van der Waals surface area (Å²) in [6.45, 7) is 4.88. The fourth-order valence-corrected chi connectivity index (χ4v) is 1.71. The van der Waals surface area contributed by atoms with E-state index in [1.54, 1.807) is 6.26 Å². The molecule has 86 valence electrons. The summed E-state index contributed by atoms with van der Waals surface area (Å²) in [5.74, 6) is 0.898. The van der Waals surface area contributed by atoms with E-state index in [2.05, 4.69) is 12.0 Å². The van der Waals surface area contributed by atoms with E-state index >= 15 is 0 Å². The van der Waals surface area contributed by atoms with Crippen molar-refractivity contribution >= 4 is 0 Å². The van der Waals surface area contributed by atoms with Gasteiger partial charge >= 0.3 is 0 Å². The lowest BCUT2D eigenvalue weighted by molar-refractivity contribution is 0.528. The number of hydrogen-bond acceptors (Lipinski definition) is 3. The fourth-order valence-electron chi connectivity index (χ4n) is 1.71. The van der Waals surface area contributed by atoms with Crippen LogP contribution in [0, 0.1) is 6.92 Å². The van der Waals surface area contributed by atoms with Gasteiger partial charge in [0.05, 0.1) is 12.5 Å². The smallest absolute Gasteiger partial charge is 0.101 e. The second kappa shape index (κ2) is 4.53. The number of furan rings is 1. The maximum atomic E-state index is 6.09. The molecule has 4 heteroatoms. The number of hydrogen-bond donors (Lipinski definition) is 1. The van der Waals surface area contributed by atoms with Crippen LogP contribution in [0.25, 0.3) is 0 Å². The zero-order valence-electron chi connectivity index (χ0n) is 9.68. The van der Waals surface area contributed by atoms with Crippen LogP contribution in [-0.2, 0) is 13.0 Å². The lowest BCUT2D eigenvalue weighted by Crippen LogP contribution is -2.12. The monoisotopic (exact) mass is 219 g/mol. The molecular formula is C12H17N3O. The van der Waals surface area contributed by atoms with Crippen molar-refractivity contribution in [3.63, 3.8) is 0 Å². The molecule has 0 saturated carbocycles. The van der Waals surface area contributed by atoms with Crippen LogP contribution < -0.4 is 5.73 Å². The molecule has 1 atom stereocenters. The maximum absolute atomic E-state index is 6.09. The second-order valence-corrected chi connectivity index (χ2v) is 4.01. The summed E-state index contributed by atoms with van der Waals surface area (Å²) in [6.07, 6.45) is 6.42. The topological polar surface area (TPSA) is 57.0 Å². The van der Waals surface area contributed by atoms with Crippen LogP contribution in [0.5, 0.6) is 0 Å². The molecule has 2 N–H and O–H groups in total. The van der Waals surface area contributed by atoms with Gasteiger partial charge in [-0.05, 0) is 31.9 Å². The Labute approximate surface area is 95.1 Å². The molecule has 0 aliphatic rings. The molecule has 0 aromatic carbocycles. The third kappa shape index (κ3) is 2.33. The van der Waals surface area contributed by atoms with Gasteiger partial charge in [-0.25, -0.2) is 0 Å². The first-order valence-corrected chi connectivity index (χ1v) is 5.51. The minimum atomic E-state index is -0.0213. The van der Waals surface area contributed by atoms with Crippen molar-refractivity contribution in [2.75, 3.05) is 0 Å². The normalized spacial score (nSPS) is 12.9. The van der Waals surface area contributed by atoms with Gasteiger partial charge in [-0.2, -0.15) is 5.10 Å². The van der Waals surface area contributed by atoms with Crippen molar-refractivity contribution in [1.29, 1.82) is 0 Å². The highest BCUT2D eigenvalue weighted by Gasteiger charge is 2.10. The largest absolute Gasteiger partial charge is 0.469 e. The zero-order valence-corrected chi connectivity index (χ0v) is 9.68. The first-order valence-electron chi connectivity index (χ1n) is 5.51. The van der Waals surface area contributed by atoms with Crippen molar-refractivity contribution in [2.45, 2.75) is 32.9 Å². The van der Waals surface area contributed by atoms with Crippen molar-refractivity contribution in [1.82, 2.24) is 9.78 Å². The van der Waals surface area contributed by atoms with Crippen LogP contribution in [0.15, 0.2) is 29.1 Å². The average molecular weight is 219 g/mol. The Bertz CT molecular complexity index is 458. The van der Waals surface area contributed by atoms with E-state index < -0.39 is 0 Å². The highest BCUT2D eigenvalue weighted by molar-refractivity contribution is 5.19. The van der Waals surface area contributed by atoms with E-state index in [-0.39, 0.29) is 6.04 Å². The van der Waals surface area contributed by atoms with Gasteiger partial charge < -0.3 is 10.2 Å². The quantitative estimate of drug-likeness (QED) is 0.856. The van der Waals surface area contributed by atoms with Gasteiger partial charge in [0.15, 0.2) is 0 Å². The van der Waals surface area contributed by atoms with Crippen molar-refractivity contribution in [2.24, 2.45) is 5.73 Å². The predicted molar refractivity (Wildman–Crippen MR) is 62.0 cm³/mol. The van der Waals surface area contributed by atoms with Crippen molar-refractivity contribution in [3.05, 3.63) is 41.6 Å². The fraction of sp³-hybridized carbons (Fsp3) is 0.417. The van der Waals surface area contributed by atoms with E-state index in [9.17, 15) is 0 Å². The minimum Gasteiger partial charge on any atom is -0.469 e. The van der Waals surface area contributed by atoms with Crippen LogP contribution in [0.1, 0.15) is 29.9 Å². The molecule has 1 unspecified atom stereocenters. The van der Waals surface area contributed by atoms with Crippen LogP contribution in [0.4, 0.5) is 0 Å². The first-order chi connectivity index (χ1) is 7.69. The summed E-state index contributed by atoms with van der Waals surface area (Å²) in [5, 5.41) is 4.22. The van der Waals surface area contributed by atoms with Crippen LogP contribution in [-0.4, -0.2) is 9.78 Å². The molecule has 0 bridgehead atoms. The van der Waals surface area contributed by atoms with Gasteiger partial charge in [0.25, 0.3) is 0 Å². The second-order valence-electron chi connectivity index (χ2n) is 4.01. The summed E-state index contributed by atoms with van der Waals surface area (Å²) in [7, 11) is 0. The van der Waals surface area contributed by atoms with Gasteiger partial charge in [-0.15, -0.1) is 0 Å². The molecule has 0 spiro atoms. The first kappa shape index (κ1) is 11.0. The van der Waals surface area contributed by atoms with Crippen LogP contribution >= 0.6 is 0 Å². The highest BCUT2D eigenvalue weighted by Crippen LogP contribution is 2.18. The Morgan fingerprint density at radius 1 is 1.56 bits per heavy atom. The summed E-state index contributed by atoms with van der Waals surface area (Å²) in [6, 6.07) is 1.96. The number of aromatic nitrogens is 2. The molecular weight excluding hydrogens is 202 g/mol. The van der Waals surface area contributed by atoms with Gasteiger partial charge in [0.2, 0.25) is 0 Å². The summed E-state index contributed by atoms with van der Waals surface area (Å²) < 4.78 is 7.15. The van der Waals surface area contributed by atoms with Crippen LogP contribution in [0.3, 0.4) is 0 Å². The van der Waals surface area contributed by atoms with Gasteiger partial charge in [0, 0.05) is 24.3 Å². The molecule has 2 heterocycles. The minimum absolute atomic E-state index is 0.0213. The molecule has 2 aromatic rings. The Morgan fingerprint density at radius 3 is 2.94 bits per heavy atom. The molecule has 0 amide bonds. The van der Waals surface area contributed by atoms with E-state index in [0.29, 0.717) is 0 Å². The van der Waals surface area contributed by atoms with Crippen molar-refractivity contribution in [3.8, 4) is 0 Å². The van der Waals surface area contributed by atoms with Crippen LogP contribution in [0.2, 0.25) is 0 Å². The van der Waals surface area contributed by atoms with E-state index in [1.165, 1.54) is 0 Å². The van der Waals surface area contributed by atoms with E-state index in [1.807, 2.05) is 30.1 Å². The maximum Gasteiger partial charge on any atom is 0.101 e. The van der Waals surface area contributed by atoms with Gasteiger partial charge in [0.1, 0.15) is 5.76 Å². The molecule has 0 radical (unpaired) electrons. The number of aryl methyl sites for hydroxylation is 2. The third-order valence-electron chi connectivity index (χ3n) is 2.65. The number of rotatable bonds is 4. The van der Waals surface area contributed by atoms with E-state index in [4.69, 9.17) is 10.2 Å². The Hall–Kier alpha value is -1.55. The Balaban J connectivity index is 2.04. The SMILES string of the molecule is CCn1cc(CC(N)c2coc(C)c2)cn1. The van der Waals surface area contributed by atoms with E-state index in [0.717, 1.165) is 29.9 Å². The van der Waals surface area contributed by atoms with Gasteiger partial charge in [-0.3, -0.25) is 4.68 Å². The molecule has 16 heavy (non-hydrogen) atoms. The Morgan fingerprint density at radius 2 is 2.38 bits per heavy atom. The molecule has 0 aliphatic heterocycles. The molecule has 0 aliphatic carbocycles. The number of nitrogens with two attached hydrogens (primary N) is 1. The van der Waals surface area contributed by atoms with Gasteiger partial charge in [-0.1, -0.05) is 0 Å². The Kier molecular flexibility index (Phi) is 3.10. The third-order valence-corrected chi connectivity index (χ3v) is 2.65. The average Bonchev–Trinajstić information content (AvgIpc) is 2.87. The van der Waals surface area contributed by atoms with Crippen molar-refractivity contribution < 1.29 is 4.42 Å². The molecule has 0 fully saturated rings. The predicted octanol–water partition coefficient (Wildman–Crippen LogP) is 2.05. The summed E-state index contributed by atoms with van der Waals surface area (Å²) >= 11 is 0. The standard InChI is InChI=1S/C12H17N3O/c1-3-15-7-10(6-14-15)5-12(13)11-4-9(2)16-8-11/h4,6-8,12H,3,5,13H2,1-2H3. The number of nitrogens with zero attached hydrogens (tertiary/aromatic N) is 2. The lowest BCUT2D eigenvalue weighted by Gasteiger charge is -2.06. The molecule has 4 nitrogen and oxygen atoms in total. The summed E-state index contributed by atoms with van der Waals surface area (Å²) in [4.78, 5) is 0.